The van der Waals surface area contributed by atoms with E-state index >= 15 is 0 Å². The maximum atomic E-state index is 10.4. The Hall–Kier alpha value is -5.44. The fourth-order valence-corrected chi connectivity index (χ4v) is 9.20. The molecule has 0 amide bonds. The van der Waals surface area contributed by atoms with Crippen molar-refractivity contribution in [2.45, 2.75) is 13.1 Å². The number of hydrogen-bond acceptors (Lipinski definition) is 2. The SMILES string of the molecule is C[Si](C)(c1ccc(-n2c3ccccc3c3ccccc32)cn1)c1ccc(-n2c3ccccc3c3ccccc32)cc1C#N. The number of para-hydroxylation sites is 4. The lowest BCUT2D eigenvalue weighted by Crippen LogP contribution is -2.55. The molecular weight excluding hydrogens is 541 g/mol. The van der Waals surface area contributed by atoms with E-state index in [2.05, 4.69) is 156 Å². The van der Waals surface area contributed by atoms with E-state index in [1.807, 2.05) is 6.20 Å². The van der Waals surface area contributed by atoms with Crippen molar-refractivity contribution >= 4 is 62.2 Å². The second-order valence-corrected chi connectivity index (χ2v) is 15.9. The Morgan fingerprint density at radius 3 is 1.44 bits per heavy atom. The van der Waals surface area contributed by atoms with Crippen LogP contribution in [-0.2, 0) is 0 Å². The highest BCUT2D eigenvalue weighted by Crippen LogP contribution is 2.33. The standard InChI is InChI=1S/C38H28N4Si/c1-43(2,38-22-20-28(25-40-38)42-35-17-9-5-13-31(35)32-14-6-10-18-36(32)42)37-21-19-27(23-26(37)24-39)41-33-15-7-3-11-29(33)30-12-4-8-16-34(30)41/h3-23,25H,1-2H3. The number of pyridine rings is 1. The van der Waals surface area contributed by atoms with Crippen LogP contribution >= 0.6 is 0 Å². The van der Waals surface area contributed by atoms with Crippen molar-refractivity contribution < 1.29 is 0 Å². The van der Waals surface area contributed by atoms with Crippen LogP contribution in [0.3, 0.4) is 0 Å². The van der Waals surface area contributed by atoms with Gasteiger partial charge in [0.1, 0.15) is 8.07 Å². The highest BCUT2D eigenvalue weighted by Gasteiger charge is 2.31. The van der Waals surface area contributed by atoms with Crippen molar-refractivity contribution in [3.8, 4) is 17.4 Å². The summed E-state index contributed by atoms with van der Waals surface area (Å²) in [6.07, 6.45) is 1.99. The summed E-state index contributed by atoms with van der Waals surface area (Å²) >= 11 is 0. The molecule has 0 aliphatic rings. The molecule has 0 radical (unpaired) electrons. The molecule has 4 nitrogen and oxygen atoms in total. The number of aromatic nitrogens is 3. The molecule has 3 heterocycles. The first-order valence-corrected chi connectivity index (χ1v) is 17.5. The van der Waals surface area contributed by atoms with Crippen LogP contribution in [0, 0.1) is 11.3 Å². The smallest absolute Gasteiger partial charge is 0.137 e. The summed E-state index contributed by atoms with van der Waals surface area (Å²) in [7, 11) is -2.30. The average molecular weight is 569 g/mol. The van der Waals surface area contributed by atoms with Crippen LogP contribution in [0.15, 0.2) is 134 Å². The van der Waals surface area contributed by atoms with Crippen LogP contribution in [-0.4, -0.2) is 22.2 Å². The number of nitriles is 1. The van der Waals surface area contributed by atoms with E-state index < -0.39 is 8.07 Å². The quantitative estimate of drug-likeness (QED) is 0.202. The van der Waals surface area contributed by atoms with E-state index in [1.165, 1.54) is 32.6 Å². The van der Waals surface area contributed by atoms with Gasteiger partial charge in [0.25, 0.3) is 0 Å². The van der Waals surface area contributed by atoms with E-state index in [0.29, 0.717) is 5.56 Å². The van der Waals surface area contributed by atoms with Crippen molar-refractivity contribution in [3.05, 3.63) is 139 Å². The molecule has 8 aromatic rings. The highest BCUT2D eigenvalue weighted by molar-refractivity contribution is 7.00. The van der Waals surface area contributed by atoms with Gasteiger partial charge in [-0.3, -0.25) is 4.98 Å². The number of fused-ring (bicyclic) bond motifs is 6. The molecule has 0 fully saturated rings. The summed E-state index contributed by atoms with van der Waals surface area (Å²) in [5, 5.41) is 17.4. The summed E-state index contributed by atoms with van der Waals surface area (Å²) in [6, 6.07) is 47.2. The molecule has 43 heavy (non-hydrogen) atoms. The van der Waals surface area contributed by atoms with Crippen LogP contribution in [0.5, 0.6) is 0 Å². The molecule has 5 heteroatoms. The van der Waals surface area contributed by atoms with Gasteiger partial charge in [-0.1, -0.05) is 92.0 Å². The zero-order chi connectivity index (χ0) is 29.1. The largest absolute Gasteiger partial charge is 0.309 e. The predicted octanol–water partition coefficient (Wildman–Crippen LogP) is 7.97. The Kier molecular flexibility index (Phi) is 5.62. The summed E-state index contributed by atoms with van der Waals surface area (Å²) in [6.45, 7) is 4.57. The number of hydrogen-bond donors (Lipinski definition) is 0. The van der Waals surface area contributed by atoms with Gasteiger partial charge in [-0.2, -0.15) is 5.26 Å². The van der Waals surface area contributed by atoms with E-state index in [-0.39, 0.29) is 0 Å². The Bertz CT molecular complexity index is 2280. The topological polar surface area (TPSA) is 46.5 Å². The molecular formula is C38H28N4Si. The molecule has 0 atom stereocenters. The average Bonchev–Trinajstić information content (AvgIpc) is 3.58. The highest BCUT2D eigenvalue weighted by atomic mass is 28.3. The Balaban J connectivity index is 1.22. The maximum Gasteiger partial charge on any atom is 0.137 e. The number of rotatable bonds is 4. The molecule has 0 bridgehead atoms. The lowest BCUT2D eigenvalue weighted by Gasteiger charge is -2.24. The molecule has 5 aromatic carbocycles. The van der Waals surface area contributed by atoms with Crippen molar-refractivity contribution in [3.63, 3.8) is 0 Å². The van der Waals surface area contributed by atoms with Crippen molar-refractivity contribution in [2.75, 3.05) is 0 Å². The molecule has 0 spiro atoms. The van der Waals surface area contributed by atoms with Crippen LogP contribution in [0.4, 0.5) is 0 Å². The molecule has 0 aliphatic heterocycles. The van der Waals surface area contributed by atoms with Gasteiger partial charge in [0.05, 0.1) is 45.6 Å². The minimum atomic E-state index is -2.30. The van der Waals surface area contributed by atoms with Gasteiger partial charge in [-0.05, 0) is 53.7 Å². The van der Waals surface area contributed by atoms with E-state index in [4.69, 9.17) is 4.98 Å². The van der Waals surface area contributed by atoms with Gasteiger partial charge in [0, 0.05) is 32.5 Å². The molecule has 0 saturated carbocycles. The molecule has 0 N–H and O–H groups in total. The molecule has 3 aromatic heterocycles. The molecule has 0 aliphatic carbocycles. The van der Waals surface area contributed by atoms with Gasteiger partial charge in [0.2, 0.25) is 0 Å². The summed E-state index contributed by atoms with van der Waals surface area (Å²) in [5.41, 5.74) is 7.36. The monoisotopic (exact) mass is 568 g/mol. The molecule has 8 rings (SSSR count). The third-order valence-electron chi connectivity index (χ3n) is 8.86. The second-order valence-electron chi connectivity index (χ2n) is 11.6. The van der Waals surface area contributed by atoms with Crippen molar-refractivity contribution in [2.24, 2.45) is 0 Å². The maximum absolute atomic E-state index is 10.4. The fraction of sp³-hybridized carbons (Fsp3) is 0.0526. The van der Waals surface area contributed by atoms with E-state index in [1.54, 1.807) is 0 Å². The molecule has 0 saturated heterocycles. The van der Waals surface area contributed by atoms with E-state index in [0.717, 1.165) is 32.9 Å². The predicted molar refractivity (Wildman–Crippen MR) is 181 cm³/mol. The second kappa shape index (κ2) is 9.55. The van der Waals surface area contributed by atoms with Crippen molar-refractivity contribution in [1.29, 1.82) is 5.26 Å². The lowest BCUT2D eigenvalue weighted by molar-refractivity contribution is 1.15. The summed E-state index contributed by atoms with van der Waals surface area (Å²) < 4.78 is 4.56. The van der Waals surface area contributed by atoms with Gasteiger partial charge in [0.15, 0.2) is 0 Å². The lowest BCUT2D eigenvalue weighted by atomic mass is 10.2. The molecule has 0 unspecified atom stereocenters. The van der Waals surface area contributed by atoms with E-state index in [9.17, 15) is 5.26 Å². The number of benzene rings is 5. The fourth-order valence-electron chi connectivity index (χ4n) is 6.74. The third kappa shape index (κ3) is 3.77. The zero-order valence-corrected chi connectivity index (χ0v) is 25.0. The first-order valence-electron chi connectivity index (χ1n) is 14.5. The van der Waals surface area contributed by atoms with Crippen molar-refractivity contribution in [1.82, 2.24) is 14.1 Å². The van der Waals surface area contributed by atoms with Crippen LogP contribution in [0.1, 0.15) is 5.56 Å². The van der Waals surface area contributed by atoms with Gasteiger partial charge in [-0.15, -0.1) is 0 Å². The third-order valence-corrected chi connectivity index (χ3v) is 12.2. The normalized spacial score (nSPS) is 11.9. The first-order chi connectivity index (χ1) is 21.1. The van der Waals surface area contributed by atoms with Crippen LogP contribution in [0.2, 0.25) is 13.1 Å². The van der Waals surface area contributed by atoms with Crippen LogP contribution < -0.4 is 10.5 Å². The van der Waals surface area contributed by atoms with Gasteiger partial charge >= 0.3 is 0 Å². The first kappa shape index (κ1) is 25.3. The summed E-state index contributed by atoms with van der Waals surface area (Å²) in [4.78, 5) is 5.05. The Morgan fingerprint density at radius 2 is 1.00 bits per heavy atom. The minimum absolute atomic E-state index is 0.712. The molecule has 204 valence electrons. The Morgan fingerprint density at radius 1 is 0.558 bits per heavy atom. The number of nitrogens with zero attached hydrogens (tertiary/aromatic N) is 4. The van der Waals surface area contributed by atoms with Gasteiger partial charge < -0.3 is 9.13 Å². The zero-order valence-electron chi connectivity index (χ0n) is 24.0. The Labute approximate surface area is 250 Å². The van der Waals surface area contributed by atoms with Crippen LogP contribution in [0.25, 0.3) is 55.0 Å². The van der Waals surface area contributed by atoms with Gasteiger partial charge in [-0.25, -0.2) is 0 Å². The minimum Gasteiger partial charge on any atom is -0.309 e. The summed E-state index contributed by atoms with van der Waals surface area (Å²) in [5.74, 6) is 0.